The van der Waals surface area contributed by atoms with Crippen molar-refractivity contribution < 1.29 is 9.53 Å². The standard InChI is InChI=1S/C18H28N2O2/c1-13(2)15-7-3-4-9-17(15)22-11-10-20-18(21)16-8-5-6-14(16)12-19/h3-4,7,9,13-14,16H,5-6,8,10-12,19H2,1-2H3,(H,20,21)/t14-,16-/m1/s1. The number of carbonyl (C=O) groups excluding carboxylic acids is 1. The Balaban J connectivity index is 1.77. The fourth-order valence-electron chi connectivity index (χ4n) is 3.22. The van der Waals surface area contributed by atoms with Gasteiger partial charge in [0.2, 0.25) is 5.91 Å². The van der Waals surface area contributed by atoms with Gasteiger partial charge in [-0.15, -0.1) is 0 Å². The SMILES string of the molecule is CC(C)c1ccccc1OCCNC(=O)[C@@H]1CCC[C@@H]1CN. The van der Waals surface area contributed by atoms with Crippen LogP contribution in [0.5, 0.6) is 5.75 Å². The van der Waals surface area contributed by atoms with Gasteiger partial charge in [0.1, 0.15) is 12.4 Å². The topological polar surface area (TPSA) is 64.3 Å². The summed E-state index contributed by atoms with van der Waals surface area (Å²) >= 11 is 0. The first-order valence-corrected chi connectivity index (χ1v) is 8.33. The molecule has 2 atom stereocenters. The minimum absolute atomic E-state index is 0.0907. The predicted octanol–water partition coefficient (Wildman–Crippen LogP) is 2.68. The molecule has 0 aliphatic heterocycles. The van der Waals surface area contributed by atoms with Crippen LogP contribution in [-0.2, 0) is 4.79 Å². The number of carbonyl (C=O) groups is 1. The molecular formula is C18H28N2O2. The lowest BCUT2D eigenvalue weighted by molar-refractivity contribution is -0.126. The van der Waals surface area contributed by atoms with Crippen LogP contribution < -0.4 is 15.8 Å². The molecule has 4 heteroatoms. The highest BCUT2D eigenvalue weighted by Crippen LogP contribution is 2.31. The van der Waals surface area contributed by atoms with Gasteiger partial charge in [0.05, 0.1) is 6.54 Å². The molecule has 22 heavy (non-hydrogen) atoms. The van der Waals surface area contributed by atoms with Crippen LogP contribution in [-0.4, -0.2) is 25.6 Å². The molecule has 2 rings (SSSR count). The van der Waals surface area contributed by atoms with Gasteiger partial charge in [-0.3, -0.25) is 4.79 Å². The molecule has 3 N–H and O–H groups in total. The molecule has 1 fully saturated rings. The monoisotopic (exact) mass is 304 g/mol. The molecule has 0 saturated heterocycles. The average molecular weight is 304 g/mol. The van der Waals surface area contributed by atoms with E-state index in [1.165, 1.54) is 5.56 Å². The predicted molar refractivity (Wildman–Crippen MR) is 88.9 cm³/mol. The summed E-state index contributed by atoms with van der Waals surface area (Å²) < 4.78 is 5.83. The van der Waals surface area contributed by atoms with Gasteiger partial charge in [-0.25, -0.2) is 0 Å². The van der Waals surface area contributed by atoms with E-state index in [1.807, 2.05) is 18.2 Å². The van der Waals surface area contributed by atoms with Crippen molar-refractivity contribution in [1.29, 1.82) is 0 Å². The van der Waals surface area contributed by atoms with Crippen LogP contribution in [0.3, 0.4) is 0 Å². The Bertz CT molecular complexity index is 488. The van der Waals surface area contributed by atoms with Gasteiger partial charge < -0.3 is 15.8 Å². The lowest BCUT2D eigenvalue weighted by Crippen LogP contribution is -2.37. The zero-order chi connectivity index (χ0) is 15.9. The minimum Gasteiger partial charge on any atom is -0.491 e. The van der Waals surface area contributed by atoms with E-state index >= 15 is 0 Å². The number of hydrogen-bond acceptors (Lipinski definition) is 3. The van der Waals surface area contributed by atoms with E-state index in [-0.39, 0.29) is 11.8 Å². The van der Waals surface area contributed by atoms with Gasteiger partial charge in [-0.2, -0.15) is 0 Å². The van der Waals surface area contributed by atoms with Crippen molar-refractivity contribution in [1.82, 2.24) is 5.32 Å². The van der Waals surface area contributed by atoms with E-state index in [4.69, 9.17) is 10.5 Å². The number of hydrogen-bond donors (Lipinski definition) is 2. The summed E-state index contributed by atoms with van der Waals surface area (Å²) in [5.74, 6) is 1.91. The summed E-state index contributed by atoms with van der Waals surface area (Å²) in [5, 5.41) is 2.99. The third-order valence-electron chi connectivity index (χ3n) is 4.50. The van der Waals surface area contributed by atoms with Gasteiger partial charge in [0.15, 0.2) is 0 Å². The normalized spacial score (nSPS) is 21.1. The number of benzene rings is 1. The smallest absolute Gasteiger partial charge is 0.223 e. The molecule has 122 valence electrons. The highest BCUT2D eigenvalue weighted by atomic mass is 16.5. The summed E-state index contributed by atoms with van der Waals surface area (Å²) in [6.07, 6.45) is 3.15. The highest BCUT2D eigenvalue weighted by molar-refractivity contribution is 5.79. The Morgan fingerprint density at radius 1 is 1.36 bits per heavy atom. The van der Waals surface area contributed by atoms with E-state index in [9.17, 15) is 4.79 Å². The third-order valence-corrected chi connectivity index (χ3v) is 4.50. The summed E-state index contributed by atoms with van der Waals surface area (Å²) in [4.78, 5) is 12.2. The maximum atomic E-state index is 12.2. The summed E-state index contributed by atoms with van der Waals surface area (Å²) in [5.41, 5.74) is 6.93. The molecule has 4 nitrogen and oxygen atoms in total. The Labute approximate surface area is 133 Å². The van der Waals surface area contributed by atoms with Crippen molar-refractivity contribution >= 4 is 5.91 Å². The zero-order valence-electron chi connectivity index (χ0n) is 13.7. The number of nitrogens with two attached hydrogens (primary N) is 1. The summed E-state index contributed by atoms with van der Waals surface area (Å²) in [6, 6.07) is 8.07. The Morgan fingerprint density at radius 2 is 2.14 bits per heavy atom. The second-order valence-corrected chi connectivity index (χ2v) is 6.37. The average Bonchev–Trinajstić information content (AvgIpc) is 3.00. The molecule has 0 radical (unpaired) electrons. The van der Waals surface area contributed by atoms with Crippen LogP contribution in [0.2, 0.25) is 0 Å². The van der Waals surface area contributed by atoms with Gasteiger partial charge in [0.25, 0.3) is 0 Å². The molecule has 1 aliphatic carbocycles. The first-order valence-electron chi connectivity index (χ1n) is 8.33. The molecule has 0 bridgehead atoms. The molecule has 0 spiro atoms. The molecule has 1 aromatic rings. The van der Waals surface area contributed by atoms with Crippen LogP contribution in [0.1, 0.15) is 44.6 Å². The van der Waals surface area contributed by atoms with E-state index in [1.54, 1.807) is 0 Å². The number of para-hydroxylation sites is 1. The van der Waals surface area contributed by atoms with E-state index in [0.29, 0.717) is 31.5 Å². The first kappa shape index (κ1) is 16.8. The summed E-state index contributed by atoms with van der Waals surface area (Å²) in [7, 11) is 0. The van der Waals surface area contributed by atoms with Crippen LogP contribution in [0.4, 0.5) is 0 Å². The van der Waals surface area contributed by atoms with E-state index < -0.39 is 0 Å². The second kappa shape index (κ2) is 8.18. The van der Waals surface area contributed by atoms with Crippen LogP contribution in [0, 0.1) is 11.8 Å². The van der Waals surface area contributed by atoms with Crippen molar-refractivity contribution in [2.75, 3.05) is 19.7 Å². The van der Waals surface area contributed by atoms with Crippen molar-refractivity contribution in [3.63, 3.8) is 0 Å². The van der Waals surface area contributed by atoms with Crippen molar-refractivity contribution in [2.45, 2.75) is 39.0 Å². The van der Waals surface area contributed by atoms with Gasteiger partial charge >= 0.3 is 0 Å². The fraction of sp³-hybridized carbons (Fsp3) is 0.611. The molecule has 0 heterocycles. The number of amides is 1. The van der Waals surface area contributed by atoms with Crippen LogP contribution in [0.25, 0.3) is 0 Å². The van der Waals surface area contributed by atoms with Crippen LogP contribution >= 0.6 is 0 Å². The summed E-state index contributed by atoms with van der Waals surface area (Å²) in [6.45, 7) is 5.94. The maximum absolute atomic E-state index is 12.2. The van der Waals surface area contributed by atoms with Gasteiger partial charge in [0, 0.05) is 5.92 Å². The third kappa shape index (κ3) is 4.23. The molecule has 1 saturated carbocycles. The Hall–Kier alpha value is -1.55. The van der Waals surface area contributed by atoms with Gasteiger partial charge in [-0.1, -0.05) is 38.5 Å². The van der Waals surface area contributed by atoms with Crippen molar-refractivity contribution in [3.8, 4) is 5.75 Å². The Morgan fingerprint density at radius 3 is 2.86 bits per heavy atom. The minimum atomic E-state index is 0.0907. The molecule has 0 aromatic heterocycles. The zero-order valence-corrected chi connectivity index (χ0v) is 13.7. The van der Waals surface area contributed by atoms with Crippen molar-refractivity contribution in [2.24, 2.45) is 17.6 Å². The number of ether oxygens (including phenoxy) is 1. The van der Waals surface area contributed by atoms with E-state index in [2.05, 4.69) is 25.2 Å². The second-order valence-electron chi connectivity index (χ2n) is 6.37. The molecular weight excluding hydrogens is 276 g/mol. The molecule has 0 unspecified atom stereocenters. The number of nitrogens with one attached hydrogen (secondary N) is 1. The van der Waals surface area contributed by atoms with Gasteiger partial charge in [-0.05, 0) is 42.9 Å². The van der Waals surface area contributed by atoms with Crippen molar-refractivity contribution in [3.05, 3.63) is 29.8 Å². The Kier molecular flexibility index (Phi) is 6.25. The molecule has 1 amide bonds. The number of rotatable bonds is 7. The van der Waals surface area contributed by atoms with Crippen LogP contribution in [0.15, 0.2) is 24.3 Å². The molecule has 1 aliphatic rings. The lowest BCUT2D eigenvalue weighted by Gasteiger charge is -2.18. The first-order chi connectivity index (χ1) is 10.6. The maximum Gasteiger partial charge on any atom is 0.223 e. The van der Waals surface area contributed by atoms with E-state index in [0.717, 1.165) is 25.0 Å². The molecule has 1 aromatic carbocycles. The largest absolute Gasteiger partial charge is 0.491 e. The fourth-order valence-corrected chi connectivity index (χ4v) is 3.22. The lowest BCUT2D eigenvalue weighted by atomic mass is 9.95. The highest BCUT2D eigenvalue weighted by Gasteiger charge is 2.31. The quantitative estimate of drug-likeness (QED) is 0.761.